The Morgan fingerprint density at radius 2 is 2.20 bits per heavy atom. The van der Waals surface area contributed by atoms with Gasteiger partial charge in [-0.05, 0) is 12.8 Å². The number of carbonyl (C=O) groups is 1. The van der Waals surface area contributed by atoms with Crippen LogP contribution in [0.25, 0.3) is 0 Å². The van der Waals surface area contributed by atoms with Crippen LogP contribution in [0.4, 0.5) is 0 Å². The van der Waals surface area contributed by atoms with Crippen LogP contribution in [0.3, 0.4) is 0 Å². The summed E-state index contributed by atoms with van der Waals surface area (Å²) in [5.41, 5.74) is 1.02. The van der Waals surface area contributed by atoms with E-state index in [-0.39, 0.29) is 0 Å². The van der Waals surface area contributed by atoms with Crippen molar-refractivity contribution in [3.05, 3.63) is 17.8 Å². The summed E-state index contributed by atoms with van der Waals surface area (Å²) in [7, 11) is 3.18. The first kappa shape index (κ1) is 11.5. The number of unbranched alkanes of at least 4 members (excludes halogenated alkanes) is 1. The number of aryl methyl sites for hydroxylation is 1. The van der Waals surface area contributed by atoms with E-state index in [1.54, 1.807) is 20.4 Å². The third kappa shape index (κ3) is 3.23. The molecule has 0 saturated carbocycles. The number of hydrogen-bond acceptors (Lipinski definition) is 4. The fraction of sp³-hybridized carbons (Fsp3) is 0.455. The van der Waals surface area contributed by atoms with Gasteiger partial charge in [0.05, 0.1) is 20.4 Å². The highest BCUT2D eigenvalue weighted by molar-refractivity contribution is 5.49. The first-order chi connectivity index (χ1) is 7.31. The van der Waals surface area contributed by atoms with Crippen molar-refractivity contribution in [1.82, 2.24) is 4.98 Å². The zero-order chi connectivity index (χ0) is 11.1. The molecule has 0 spiro atoms. The normalized spacial score (nSPS) is 9.73. The Hall–Kier alpha value is -1.58. The van der Waals surface area contributed by atoms with Gasteiger partial charge in [-0.25, -0.2) is 4.98 Å². The van der Waals surface area contributed by atoms with E-state index in [0.29, 0.717) is 12.3 Å². The topological polar surface area (TPSA) is 48.4 Å². The number of methoxy groups -OCH3 is 2. The lowest BCUT2D eigenvalue weighted by atomic mass is 10.1. The second-order valence-electron chi connectivity index (χ2n) is 3.10. The largest absolute Gasteiger partial charge is 0.495 e. The average molecular weight is 209 g/mol. The van der Waals surface area contributed by atoms with E-state index in [0.717, 1.165) is 30.4 Å². The Morgan fingerprint density at radius 3 is 2.80 bits per heavy atom. The van der Waals surface area contributed by atoms with Gasteiger partial charge in [-0.2, -0.15) is 0 Å². The Balaban J connectivity index is 2.76. The summed E-state index contributed by atoms with van der Waals surface area (Å²) < 4.78 is 10.2. The second kappa shape index (κ2) is 6.01. The molecule has 0 unspecified atom stereocenters. The molecule has 0 aliphatic carbocycles. The SMILES string of the molecule is COc1cc(CCCC=O)c(OC)cn1. The molecule has 0 N–H and O–H groups in total. The number of aldehydes is 1. The summed E-state index contributed by atoms with van der Waals surface area (Å²) in [5.74, 6) is 1.30. The molecule has 0 aromatic carbocycles. The van der Waals surface area contributed by atoms with Crippen LogP contribution >= 0.6 is 0 Å². The molecule has 1 heterocycles. The molecule has 0 aliphatic heterocycles. The van der Waals surface area contributed by atoms with Crippen molar-refractivity contribution >= 4 is 6.29 Å². The minimum absolute atomic E-state index is 0.563. The van der Waals surface area contributed by atoms with E-state index >= 15 is 0 Å². The van der Waals surface area contributed by atoms with Crippen molar-refractivity contribution in [2.24, 2.45) is 0 Å². The van der Waals surface area contributed by atoms with Crippen LogP contribution in [0.5, 0.6) is 11.6 Å². The van der Waals surface area contributed by atoms with Gasteiger partial charge in [0, 0.05) is 18.1 Å². The molecule has 15 heavy (non-hydrogen) atoms. The Kier molecular flexibility index (Phi) is 4.60. The number of aromatic nitrogens is 1. The summed E-state index contributed by atoms with van der Waals surface area (Å²) in [5, 5.41) is 0. The summed E-state index contributed by atoms with van der Waals surface area (Å²) in [6.07, 6.45) is 4.72. The van der Waals surface area contributed by atoms with E-state index in [2.05, 4.69) is 4.98 Å². The highest BCUT2D eigenvalue weighted by atomic mass is 16.5. The molecule has 0 bridgehead atoms. The van der Waals surface area contributed by atoms with Gasteiger partial charge >= 0.3 is 0 Å². The van der Waals surface area contributed by atoms with Crippen molar-refractivity contribution < 1.29 is 14.3 Å². The molecule has 82 valence electrons. The first-order valence-electron chi connectivity index (χ1n) is 4.82. The van der Waals surface area contributed by atoms with Crippen LogP contribution in [-0.2, 0) is 11.2 Å². The summed E-state index contributed by atoms with van der Waals surface area (Å²) >= 11 is 0. The van der Waals surface area contributed by atoms with Crippen LogP contribution < -0.4 is 9.47 Å². The monoisotopic (exact) mass is 209 g/mol. The number of carbonyl (C=O) groups excluding carboxylic acids is 1. The number of pyridine rings is 1. The van der Waals surface area contributed by atoms with E-state index in [1.165, 1.54) is 0 Å². The Labute approximate surface area is 89.2 Å². The smallest absolute Gasteiger partial charge is 0.213 e. The maximum Gasteiger partial charge on any atom is 0.213 e. The highest BCUT2D eigenvalue weighted by Crippen LogP contribution is 2.22. The molecule has 0 atom stereocenters. The molecule has 4 heteroatoms. The number of rotatable bonds is 6. The molecular weight excluding hydrogens is 194 g/mol. The Morgan fingerprint density at radius 1 is 1.40 bits per heavy atom. The van der Waals surface area contributed by atoms with Crippen LogP contribution in [0, 0.1) is 0 Å². The zero-order valence-electron chi connectivity index (χ0n) is 9.03. The minimum Gasteiger partial charge on any atom is -0.495 e. The molecule has 1 aromatic rings. The molecule has 4 nitrogen and oxygen atoms in total. The van der Waals surface area contributed by atoms with E-state index in [1.807, 2.05) is 6.07 Å². The van der Waals surface area contributed by atoms with Crippen molar-refractivity contribution in [1.29, 1.82) is 0 Å². The van der Waals surface area contributed by atoms with E-state index in [4.69, 9.17) is 9.47 Å². The van der Waals surface area contributed by atoms with Crippen LogP contribution in [0.2, 0.25) is 0 Å². The summed E-state index contributed by atoms with van der Waals surface area (Å²) in [6, 6.07) is 1.84. The highest BCUT2D eigenvalue weighted by Gasteiger charge is 2.05. The van der Waals surface area contributed by atoms with Gasteiger partial charge in [0.25, 0.3) is 0 Å². The van der Waals surface area contributed by atoms with Crippen LogP contribution in [0.15, 0.2) is 12.3 Å². The third-order valence-corrected chi connectivity index (χ3v) is 2.12. The minimum atomic E-state index is 0.563. The predicted octanol–water partition coefficient (Wildman–Crippen LogP) is 1.62. The molecule has 0 amide bonds. The van der Waals surface area contributed by atoms with Crippen molar-refractivity contribution in [2.45, 2.75) is 19.3 Å². The average Bonchev–Trinajstić information content (AvgIpc) is 2.29. The second-order valence-corrected chi connectivity index (χ2v) is 3.10. The maximum absolute atomic E-state index is 10.2. The quantitative estimate of drug-likeness (QED) is 0.527. The fourth-order valence-corrected chi connectivity index (χ4v) is 1.33. The van der Waals surface area contributed by atoms with Crippen LogP contribution in [-0.4, -0.2) is 25.5 Å². The molecule has 0 radical (unpaired) electrons. The lowest BCUT2D eigenvalue weighted by molar-refractivity contribution is -0.107. The standard InChI is InChI=1S/C11H15NO3/c1-14-10-8-12-11(15-2)7-9(10)5-3-4-6-13/h6-8H,3-5H2,1-2H3. The fourth-order valence-electron chi connectivity index (χ4n) is 1.33. The maximum atomic E-state index is 10.2. The van der Waals surface area contributed by atoms with Crippen molar-refractivity contribution in [3.63, 3.8) is 0 Å². The van der Waals surface area contributed by atoms with Gasteiger partial charge in [0.15, 0.2) is 0 Å². The van der Waals surface area contributed by atoms with Gasteiger partial charge in [0.1, 0.15) is 12.0 Å². The van der Waals surface area contributed by atoms with Crippen molar-refractivity contribution in [2.75, 3.05) is 14.2 Å². The lowest BCUT2D eigenvalue weighted by Crippen LogP contribution is -1.96. The first-order valence-corrected chi connectivity index (χ1v) is 4.82. The number of ether oxygens (including phenoxy) is 2. The van der Waals surface area contributed by atoms with Gasteiger partial charge in [-0.3, -0.25) is 0 Å². The molecule has 1 aromatic heterocycles. The van der Waals surface area contributed by atoms with Gasteiger partial charge in [0.2, 0.25) is 5.88 Å². The van der Waals surface area contributed by atoms with Crippen molar-refractivity contribution in [3.8, 4) is 11.6 Å². The van der Waals surface area contributed by atoms with Gasteiger partial charge < -0.3 is 14.3 Å². The van der Waals surface area contributed by atoms with E-state index < -0.39 is 0 Å². The van der Waals surface area contributed by atoms with Gasteiger partial charge in [-0.1, -0.05) is 0 Å². The number of hydrogen-bond donors (Lipinski definition) is 0. The molecule has 1 rings (SSSR count). The lowest BCUT2D eigenvalue weighted by Gasteiger charge is -2.08. The molecular formula is C11H15NO3. The van der Waals surface area contributed by atoms with Crippen LogP contribution in [0.1, 0.15) is 18.4 Å². The summed E-state index contributed by atoms with van der Waals surface area (Å²) in [6.45, 7) is 0. The summed E-state index contributed by atoms with van der Waals surface area (Å²) in [4.78, 5) is 14.2. The molecule has 0 saturated heterocycles. The molecule has 0 aliphatic rings. The van der Waals surface area contributed by atoms with E-state index in [9.17, 15) is 4.79 Å². The molecule has 0 fully saturated rings. The zero-order valence-corrected chi connectivity index (χ0v) is 9.03. The Bertz CT molecular complexity index is 326. The number of nitrogens with zero attached hydrogens (tertiary/aromatic N) is 1. The van der Waals surface area contributed by atoms with Gasteiger partial charge in [-0.15, -0.1) is 0 Å². The predicted molar refractivity (Wildman–Crippen MR) is 56.3 cm³/mol. The third-order valence-electron chi connectivity index (χ3n) is 2.12.